The minimum absolute atomic E-state index is 0.0323. The summed E-state index contributed by atoms with van der Waals surface area (Å²) in [4.78, 5) is 14.5. The Labute approximate surface area is 186 Å². The summed E-state index contributed by atoms with van der Waals surface area (Å²) in [6.07, 6.45) is 0. The lowest BCUT2D eigenvalue weighted by molar-refractivity contribution is -0.128. The van der Waals surface area contributed by atoms with Crippen molar-refractivity contribution in [1.29, 1.82) is 0 Å². The predicted molar refractivity (Wildman–Crippen MR) is 120 cm³/mol. The van der Waals surface area contributed by atoms with Gasteiger partial charge in [0.1, 0.15) is 5.82 Å². The lowest BCUT2D eigenvalue weighted by Gasteiger charge is -2.21. The van der Waals surface area contributed by atoms with Gasteiger partial charge >= 0.3 is 0 Å². The van der Waals surface area contributed by atoms with E-state index in [4.69, 9.17) is 4.74 Å². The van der Waals surface area contributed by atoms with Crippen molar-refractivity contribution < 1.29 is 13.9 Å². The monoisotopic (exact) mass is 442 g/mol. The van der Waals surface area contributed by atoms with Gasteiger partial charge in [0.25, 0.3) is 0 Å². The number of methoxy groups -OCH3 is 1. The third-order valence-corrected chi connectivity index (χ3v) is 5.79. The molecule has 2 aromatic carbocycles. The number of ether oxygens (including phenoxy) is 1. The second kappa shape index (κ2) is 11.1. The summed E-state index contributed by atoms with van der Waals surface area (Å²) in [6.45, 7) is 5.97. The summed E-state index contributed by atoms with van der Waals surface area (Å²) in [5.41, 5.74) is 2.88. The molecule has 0 aliphatic rings. The predicted octanol–water partition coefficient (Wildman–Crippen LogP) is 4.18. The number of benzene rings is 2. The molecule has 0 fully saturated rings. The van der Waals surface area contributed by atoms with Gasteiger partial charge in [-0.25, -0.2) is 4.39 Å². The molecule has 0 radical (unpaired) electrons. The SMILES string of the molecule is CCN(Cc1cccc(F)c1)C(=O)CSc1nnc(-c2cccc(C)c2)n1CCOC. The molecule has 1 heterocycles. The smallest absolute Gasteiger partial charge is 0.233 e. The lowest BCUT2D eigenvalue weighted by Crippen LogP contribution is -2.31. The quantitative estimate of drug-likeness (QED) is 0.441. The Bertz CT molecular complexity index is 1020. The van der Waals surface area contributed by atoms with E-state index in [9.17, 15) is 9.18 Å². The molecule has 0 unspecified atom stereocenters. The van der Waals surface area contributed by atoms with Crippen LogP contribution in [0.25, 0.3) is 11.4 Å². The second-order valence-electron chi connectivity index (χ2n) is 7.15. The van der Waals surface area contributed by atoms with Gasteiger partial charge in [-0.15, -0.1) is 10.2 Å². The molecule has 0 N–H and O–H groups in total. The standard InChI is InChI=1S/C23H27FN4O2S/c1-4-27(15-18-8-6-10-20(24)14-18)21(29)16-31-23-26-25-22(28(23)11-12-30-3)19-9-5-7-17(2)13-19/h5-10,13-14H,4,11-12,15-16H2,1-3H3. The van der Waals surface area contributed by atoms with Crippen LogP contribution in [0.5, 0.6) is 0 Å². The highest BCUT2D eigenvalue weighted by atomic mass is 32.2. The molecule has 164 valence electrons. The van der Waals surface area contributed by atoms with Gasteiger partial charge in [-0.1, -0.05) is 47.7 Å². The molecular weight excluding hydrogens is 415 g/mol. The number of rotatable bonds is 10. The summed E-state index contributed by atoms with van der Waals surface area (Å²) >= 11 is 1.35. The molecule has 1 amide bonds. The number of aryl methyl sites for hydroxylation is 1. The minimum Gasteiger partial charge on any atom is -0.383 e. The van der Waals surface area contributed by atoms with Gasteiger partial charge in [0.15, 0.2) is 11.0 Å². The van der Waals surface area contributed by atoms with E-state index in [1.165, 1.54) is 23.9 Å². The molecule has 0 saturated heterocycles. The number of aromatic nitrogens is 3. The van der Waals surface area contributed by atoms with E-state index in [0.29, 0.717) is 31.4 Å². The molecule has 3 rings (SSSR count). The van der Waals surface area contributed by atoms with E-state index in [-0.39, 0.29) is 17.5 Å². The minimum atomic E-state index is -0.301. The van der Waals surface area contributed by atoms with Crippen molar-refractivity contribution in [1.82, 2.24) is 19.7 Å². The molecule has 8 heteroatoms. The van der Waals surface area contributed by atoms with Gasteiger partial charge in [-0.3, -0.25) is 9.36 Å². The third kappa shape index (κ3) is 6.15. The number of hydrogen-bond acceptors (Lipinski definition) is 5. The van der Waals surface area contributed by atoms with E-state index < -0.39 is 0 Å². The fourth-order valence-electron chi connectivity index (χ4n) is 3.23. The van der Waals surface area contributed by atoms with E-state index in [1.54, 1.807) is 18.1 Å². The Morgan fingerprint density at radius 2 is 2.00 bits per heavy atom. The van der Waals surface area contributed by atoms with Crippen molar-refractivity contribution in [2.45, 2.75) is 32.1 Å². The van der Waals surface area contributed by atoms with Gasteiger partial charge in [0.05, 0.1) is 18.9 Å². The topological polar surface area (TPSA) is 60.2 Å². The largest absolute Gasteiger partial charge is 0.383 e. The molecule has 0 atom stereocenters. The summed E-state index contributed by atoms with van der Waals surface area (Å²) in [6, 6.07) is 14.4. The Balaban J connectivity index is 1.73. The number of thioether (sulfide) groups is 1. The Hall–Kier alpha value is -2.71. The van der Waals surface area contributed by atoms with Crippen LogP contribution >= 0.6 is 11.8 Å². The molecular formula is C23H27FN4O2S. The second-order valence-corrected chi connectivity index (χ2v) is 8.09. The Morgan fingerprint density at radius 3 is 2.71 bits per heavy atom. The molecule has 1 aromatic heterocycles. The summed E-state index contributed by atoms with van der Waals surface area (Å²) in [5.74, 6) is 0.644. The van der Waals surface area contributed by atoms with Crippen LogP contribution in [0.3, 0.4) is 0 Å². The van der Waals surface area contributed by atoms with Crippen LogP contribution in [0.4, 0.5) is 4.39 Å². The van der Waals surface area contributed by atoms with Gasteiger partial charge < -0.3 is 9.64 Å². The molecule has 0 aliphatic carbocycles. The summed E-state index contributed by atoms with van der Waals surface area (Å²) < 4.78 is 20.7. The molecule has 0 spiro atoms. The number of amides is 1. The number of nitrogens with zero attached hydrogens (tertiary/aromatic N) is 4. The van der Waals surface area contributed by atoms with Crippen LogP contribution in [0.2, 0.25) is 0 Å². The van der Waals surface area contributed by atoms with E-state index in [1.807, 2.05) is 42.7 Å². The van der Waals surface area contributed by atoms with E-state index in [0.717, 1.165) is 22.5 Å². The normalized spacial score (nSPS) is 11.0. The molecule has 0 aliphatic heterocycles. The molecule has 3 aromatic rings. The average Bonchev–Trinajstić information content (AvgIpc) is 3.17. The van der Waals surface area contributed by atoms with Gasteiger partial charge in [-0.2, -0.15) is 0 Å². The van der Waals surface area contributed by atoms with Crippen molar-refractivity contribution in [2.75, 3.05) is 26.0 Å². The first-order valence-electron chi connectivity index (χ1n) is 10.2. The summed E-state index contributed by atoms with van der Waals surface area (Å²) in [7, 11) is 1.65. The fourth-order valence-corrected chi connectivity index (χ4v) is 4.09. The molecule has 0 saturated carbocycles. The number of halogens is 1. The fraction of sp³-hybridized carbons (Fsp3) is 0.348. The highest BCUT2D eigenvalue weighted by molar-refractivity contribution is 7.99. The van der Waals surface area contributed by atoms with Crippen molar-refractivity contribution in [3.05, 3.63) is 65.5 Å². The average molecular weight is 443 g/mol. The van der Waals surface area contributed by atoms with Crippen LogP contribution in [0, 0.1) is 12.7 Å². The number of carbonyl (C=O) groups is 1. The zero-order valence-electron chi connectivity index (χ0n) is 18.0. The van der Waals surface area contributed by atoms with Crippen molar-refractivity contribution >= 4 is 17.7 Å². The Kier molecular flexibility index (Phi) is 8.20. The molecule has 0 bridgehead atoms. The van der Waals surface area contributed by atoms with Crippen LogP contribution in [0.15, 0.2) is 53.7 Å². The van der Waals surface area contributed by atoms with Crippen molar-refractivity contribution in [3.8, 4) is 11.4 Å². The zero-order chi connectivity index (χ0) is 22.2. The summed E-state index contributed by atoms with van der Waals surface area (Å²) in [5, 5.41) is 9.37. The van der Waals surface area contributed by atoms with Gasteiger partial charge in [0, 0.05) is 25.8 Å². The first-order chi connectivity index (χ1) is 15.0. The maximum absolute atomic E-state index is 13.5. The van der Waals surface area contributed by atoms with Crippen LogP contribution in [-0.4, -0.2) is 51.6 Å². The van der Waals surface area contributed by atoms with Crippen molar-refractivity contribution in [2.24, 2.45) is 0 Å². The lowest BCUT2D eigenvalue weighted by atomic mass is 10.1. The first-order valence-corrected chi connectivity index (χ1v) is 11.1. The number of carbonyl (C=O) groups excluding carboxylic acids is 1. The third-order valence-electron chi connectivity index (χ3n) is 4.83. The maximum atomic E-state index is 13.5. The molecule has 31 heavy (non-hydrogen) atoms. The van der Waals surface area contributed by atoms with E-state index in [2.05, 4.69) is 16.3 Å². The highest BCUT2D eigenvalue weighted by Gasteiger charge is 2.18. The van der Waals surface area contributed by atoms with Crippen LogP contribution < -0.4 is 0 Å². The van der Waals surface area contributed by atoms with E-state index >= 15 is 0 Å². The zero-order valence-corrected chi connectivity index (χ0v) is 18.9. The Morgan fingerprint density at radius 1 is 1.19 bits per heavy atom. The first kappa shape index (κ1) is 23.0. The maximum Gasteiger partial charge on any atom is 0.233 e. The number of hydrogen-bond donors (Lipinski definition) is 0. The van der Waals surface area contributed by atoms with Crippen LogP contribution in [0.1, 0.15) is 18.1 Å². The molecule has 6 nitrogen and oxygen atoms in total. The van der Waals surface area contributed by atoms with Gasteiger partial charge in [-0.05, 0) is 37.6 Å². The van der Waals surface area contributed by atoms with Gasteiger partial charge in [0.2, 0.25) is 5.91 Å². The van der Waals surface area contributed by atoms with Crippen molar-refractivity contribution in [3.63, 3.8) is 0 Å². The highest BCUT2D eigenvalue weighted by Crippen LogP contribution is 2.25. The van der Waals surface area contributed by atoms with Crippen LogP contribution in [-0.2, 0) is 22.6 Å².